The molecule has 0 saturated carbocycles. The molecule has 28 heavy (non-hydrogen) atoms. The molecule has 3 heterocycles. The highest BCUT2D eigenvalue weighted by Crippen LogP contribution is 2.39. The fraction of sp³-hybridized carbons (Fsp3) is 0.389. The van der Waals surface area contributed by atoms with Gasteiger partial charge in [-0.25, -0.2) is 8.42 Å². The third-order valence-corrected chi connectivity index (χ3v) is 8.57. The van der Waals surface area contributed by atoms with Crippen LogP contribution in [0.4, 0.5) is 0 Å². The van der Waals surface area contributed by atoms with Crippen molar-refractivity contribution >= 4 is 50.5 Å². The molecule has 2 saturated heterocycles. The van der Waals surface area contributed by atoms with Crippen LogP contribution in [-0.4, -0.2) is 55.5 Å². The maximum atomic E-state index is 13.2. The van der Waals surface area contributed by atoms with Crippen LogP contribution in [-0.2, 0) is 14.8 Å². The van der Waals surface area contributed by atoms with E-state index in [1.165, 1.54) is 27.8 Å². The molecular weight excluding hydrogens is 443 g/mol. The number of hydrogen-bond donors (Lipinski definition) is 0. The first-order valence-corrected chi connectivity index (χ1v) is 11.8. The van der Waals surface area contributed by atoms with Gasteiger partial charge in [0.15, 0.2) is 0 Å². The molecule has 2 aromatic rings. The third kappa shape index (κ3) is 3.58. The van der Waals surface area contributed by atoms with E-state index in [-0.39, 0.29) is 10.8 Å². The fourth-order valence-electron chi connectivity index (χ4n) is 3.71. The van der Waals surface area contributed by atoms with E-state index in [1.54, 1.807) is 29.2 Å². The second-order valence-corrected chi connectivity index (χ2v) is 10.7. The summed E-state index contributed by atoms with van der Waals surface area (Å²) in [5.41, 5.74) is -0.914. The average Bonchev–Trinajstić information content (AvgIpc) is 3.29. The highest BCUT2D eigenvalue weighted by Gasteiger charge is 2.51. The Balaban J connectivity index is 1.52. The number of carbonyl (C=O) groups excluding carboxylic acids is 1. The van der Waals surface area contributed by atoms with E-state index < -0.39 is 15.7 Å². The Morgan fingerprint density at radius 2 is 1.71 bits per heavy atom. The number of piperidine rings is 1. The first-order chi connectivity index (χ1) is 13.3. The summed E-state index contributed by atoms with van der Waals surface area (Å²) in [5.74, 6) is -0.0862. The minimum absolute atomic E-state index is 0.0862. The number of nitrogens with zero attached hydrogens (tertiary/aromatic N) is 2. The highest BCUT2D eigenvalue weighted by molar-refractivity contribution is 7.89. The van der Waals surface area contributed by atoms with Gasteiger partial charge in [0, 0.05) is 37.5 Å². The van der Waals surface area contributed by atoms with Crippen molar-refractivity contribution in [1.82, 2.24) is 9.21 Å². The fourth-order valence-corrected chi connectivity index (χ4v) is 6.57. The van der Waals surface area contributed by atoms with Gasteiger partial charge in [-0.2, -0.15) is 4.31 Å². The standard InChI is InChI=1S/C18H18Cl2N2O4S2/c19-13-1-3-14(4-2-13)28(24,25)22-11-12-26-18(22)7-9-21(10-8-18)17(23)15-5-6-16(20)27-15/h1-6H,7-12H2. The lowest BCUT2D eigenvalue weighted by atomic mass is 10.0. The summed E-state index contributed by atoms with van der Waals surface area (Å²) in [4.78, 5) is 15.1. The second-order valence-electron chi connectivity index (χ2n) is 6.72. The summed E-state index contributed by atoms with van der Waals surface area (Å²) in [6.07, 6.45) is 0.843. The molecule has 150 valence electrons. The molecule has 2 fully saturated rings. The number of halogens is 2. The van der Waals surface area contributed by atoms with Crippen molar-refractivity contribution in [2.75, 3.05) is 26.2 Å². The van der Waals surface area contributed by atoms with Crippen molar-refractivity contribution in [2.45, 2.75) is 23.5 Å². The van der Waals surface area contributed by atoms with Gasteiger partial charge in [0.05, 0.1) is 20.7 Å². The summed E-state index contributed by atoms with van der Waals surface area (Å²) in [5, 5.41) is 0.479. The van der Waals surface area contributed by atoms with E-state index in [0.29, 0.717) is 53.3 Å². The summed E-state index contributed by atoms with van der Waals surface area (Å²) in [6, 6.07) is 9.54. The number of hydrogen-bond acceptors (Lipinski definition) is 5. The summed E-state index contributed by atoms with van der Waals surface area (Å²) in [7, 11) is -3.72. The van der Waals surface area contributed by atoms with Crippen LogP contribution in [0.2, 0.25) is 9.36 Å². The number of sulfonamides is 1. The maximum absolute atomic E-state index is 13.2. The molecule has 0 N–H and O–H groups in total. The van der Waals surface area contributed by atoms with Crippen LogP contribution >= 0.6 is 34.5 Å². The van der Waals surface area contributed by atoms with Gasteiger partial charge in [-0.15, -0.1) is 11.3 Å². The van der Waals surface area contributed by atoms with Gasteiger partial charge < -0.3 is 9.64 Å². The highest BCUT2D eigenvalue weighted by atomic mass is 35.5. The predicted molar refractivity (Wildman–Crippen MR) is 108 cm³/mol. The molecular formula is C18H18Cl2N2O4S2. The Labute approximate surface area is 177 Å². The van der Waals surface area contributed by atoms with Gasteiger partial charge in [0.25, 0.3) is 5.91 Å². The van der Waals surface area contributed by atoms with Crippen LogP contribution in [0.3, 0.4) is 0 Å². The van der Waals surface area contributed by atoms with Gasteiger partial charge in [-0.05, 0) is 36.4 Å². The van der Waals surface area contributed by atoms with Gasteiger partial charge in [0.2, 0.25) is 10.0 Å². The van der Waals surface area contributed by atoms with Crippen LogP contribution in [0.25, 0.3) is 0 Å². The lowest BCUT2D eigenvalue weighted by molar-refractivity contribution is -0.0856. The number of amides is 1. The molecule has 1 amide bonds. The Morgan fingerprint density at radius 3 is 2.32 bits per heavy atom. The molecule has 1 aromatic carbocycles. The van der Waals surface area contributed by atoms with Crippen LogP contribution in [0, 0.1) is 0 Å². The second kappa shape index (κ2) is 7.59. The molecule has 10 heteroatoms. The number of thiophene rings is 1. The number of likely N-dealkylation sites (tertiary alicyclic amines) is 1. The smallest absolute Gasteiger partial charge is 0.263 e. The molecule has 1 aromatic heterocycles. The topological polar surface area (TPSA) is 66.9 Å². The number of benzene rings is 1. The molecule has 0 aliphatic carbocycles. The van der Waals surface area contributed by atoms with E-state index in [9.17, 15) is 13.2 Å². The minimum Gasteiger partial charge on any atom is -0.358 e. The normalized spacial score (nSPS) is 20.0. The van der Waals surface area contributed by atoms with Crippen molar-refractivity contribution in [3.63, 3.8) is 0 Å². The Hall–Kier alpha value is -1.16. The molecule has 4 rings (SSSR count). The van der Waals surface area contributed by atoms with Gasteiger partial charge in [0.1, 0.15) is 5.72 Å². The van der Waals surface area contributed by atoms with Gasteiger partial charge in [-0.1, -0.05) is 23.2 Å². The van der Waals surface area contributed by atoms with Crippen LogP contribution < -0.4 is 0 Å². The van der Waals surface area contributed by atoms with Crippen molar-refractivity contribution in [1.29, 1.82) is 0 Å². The van der Waals surface area contributed by atoms with Crippen molar-refractivity contribution in [3.8, 4) is 0 Å². The molecule has 0 bridgehead atoms. The molecule has 6 nitrogen and oxygen atoms in total. The maximum Gasteiger partial charge on any atom is 0.263 e. The Bertz CT molecular complexity index is 983. The van der Waals surface area contributed by atoms with E-state index in [2.05, 4.69) is 0 Å². The van der Waals surface area contributed by atoms with Crippen molar-refractivity contribution < 1.29 is 17.9 Å². The number of rotatable bonds is 3. The Kier molecular flexibility index (Phi) is 5.45. The van der Waals surface area contributed by atoms with E-state index >= 15 is 0 Å². The van der Waals surface area contributed by atoms with Crippen molar-refractivity contribution in [3.05, 3.63) is 50.6 Å². The number of carbonyl (C=O) groups is 1. The zero-order valence-corrected chi connectivity index (χ0v) is 18.0. The zero-order valence-electron chi connectivity index (χ0n) is 14.8. The number of ether oxygens (including phenoxy) is 1. The molecule has 1 spiro atoms. The monoisotopic (exact) mass is 460 g/mol. The quantitative estimate of drug-likeness (QED) is 0.699. The average molecular weight is 461 g/mol. The first-order valence-electron chi connectivity index (χ1n) is 8.79. The summed E-state index contributed by atoms with van der Waals surface area (Å²) >= 11 is 13.1. The van der Waals surface area contributed by atoms with Crippen LogP contribution in [0.5, 0.6) is 0 Å². The summed E-state index contributed by atoms with van der Waals surface area (Å²) in [6.45, 7) is 1.46. The van der Waals surface area contributed by atoms with Crippen LogP contribution in [0.1, 0.15) is 22.5 Å². The first kappa shape index (κ1) is 20.1. The van der Waals surface area contributed by atoms with E-state index in [0.717, 1.165) is 0 Å². The molecule has 2 aliphatic heterocycles. The predicted octanol–water partition coefficient (Wildman–Crippen LogP) is 3.71. The van der Waals surface area contributed by atoms with E-state index in [1.807, 2.05) is 0 Å². The Morgan fingerprint density at radius 1 is 1.04 bits per heavy atom. The SMILES string of the molecule is O=C(c1ccc(Cl)s1)N1CCC2(CC1)OCCN2S(=O)(=O)c1ccc(Cl)cc1. The molecule has 0 unspecified atom stereocenters. The largest absolute Gasteiger partial charge is 0.358 e. The van der Waals surface area contributed by atoms with Gasteiger partial charge in [-0.3, -0.25) is 4.79 Å². The van der Waals surface area contributed by atoms with Crippen molar-refractivity contribution in [2.24, 2.45) is 0 Å². The molecule has 0 radical (unpaired) electrons. The zero-order chi connectivity index (χ0) is 19.9. The lowest BCUT2D eigenvalue weighted by Crippen LogP contribution is -2.55. The van der Waals surface area contributed by atoms with Gasteiger partial charge >= 0.3 is 0 Å². The lowest BCUT2D eigenvalue weighted by Gasteiger charge is -2.42. The molecule has 2 aliphatic rings. The van der Waals surface area contributed by atoms with Crippen LogP contribution in [0.15, 0.2) is 41.3 Å². The minimum atomic E-state index is -3.72. The summed E-state index contributed by atoms with van der Waals surface area (Å²) < 4.78 is 34.3. The van der Waals surface area contributed by atoms with E-state index in [4.69, 9.17) is 27.9 Å². The third-order valence-electron chi connectivity index (χ3n) is 5.14. The molecule has 0 atom stereocenters.